The summed E-state index contributed by atoms with van der Waals surface area (Å²) in [7, 11) is -3.56. The molecule has 2 aromatic rings. The first-order valence-corrected chi connectivity index (χ1v) is 14.4. The second-order valence-corrected chi connectivity index (χ2v) is 12.1. The first kappa shape index (κ1) is 29.9. The summed E-state index contributed by atoms with van der Waals surface area (Å²) in [6, 6.07) is 9.77. The van der Waals surface area contributed by atoms with Crippen LogP contribution in [-0.2, 0) is 26.2 Å². The molecule has 10 heteroatoms. The fraction of sp³-hybridized carbons (Fsp3) is 0.462. The Morgan fingerprint density at radius 1 is 1.00 bits per heavy atom. The van der Waals surface area contributed by atoms with Crippen molar-refractivity contribution in [3.63, 3.8) is 0 Å². The molecule has 0 aliphatic rings. The van der Waals surface area contributed by atoms with E-state index in [1.165, 1.54) is 9.21 Å². The minimum atomic E-state index is -3.56. The van der Waals surface area contributed by atoms with Crippen molar-refractivity contribution in [3.05, 3.63) is 63.1 Å². The average Bonchev–Trinajstić information content (AvgIpc) is 2.74. The van der Waals surface area contributed by atoms with Crippen molar-refractivity contribution in [2.45, 2.75) is 66.1 Å². The third-order valence-corrected chi connectivity index (χ3v) is 7.54. The van der Waals surface area contributed by atoms with Crippen LogP contribution in [0.1, 0.15) is 50.3 Å². The Morgan fingerprint density at radius 2 is 1.56 bits per heavy atom. The molecule has 0 aromatic heterocycles. The zero-order chi connectivity index (χ0) is 27.2. The monoisotopic (exact) mass is 555 g/mol. The number of halogens is 2. The minimum Gasteiger partial charge on any atom is -0.352 e. The maximum absolute atomic E-state index is 13.4. The molecule has 198 valence electrons. The van der Waals surface area contributed by atoms with E-state index in [4.69, 9.17) is 23.2 Å². The summed E-state index contributed by atoms with van der Waals surface area (Å²) in [6.45, 7) is 9.32. The van der Waals surface area contributed by atoms with Gasteiger partial charge in [-0.05, 0) is 76.4 Å². The molecular weight excluding hydrogens is 521 g/mol. The van der Waals surface area contributed by atoms with Gasteiger partial charge in [0.15, 0.2) is 0 Å². The quantitative estimate of drug-likeness (QED) is 0.418. The lowest BCUT2D eigenvalue weighted by atomic mass is 10.1. The second-order valence-electron chi connectivity index (χ2n) is 9.35. The molecule has 0 aliphatic carbocycles. The number of nitrogens with zero attached hydrogens (tertiary/aromatic N) is 2. The summed E-state index contributed by atoms with van der Waals surface area (Å²) < 4.78 is 26.4. The second kappa shape index (κ2) is 12.8. The lowest BCUT2D eigenvalue weighted by molar-refractivity contribution is -0.140. The summed E-state index contributed by atoms with van der Waals surface area (Å²) in [6.07, 6.45) is 1.46. The highest BCUT2D eigenvalue weighted by atomic mass is 35.5. The van der Waals surface area contributed by atoms with Crippen LogP contribution >= 0.6 is 23.2 Å². The fourth-order valence-electron chi connectivity index (χ4n) is 3.94. The molecule has 1 unspecified atom stereocenters. The number of hydrogen-bond acceptors (Lipinski definition) is 4. The van der Waals surface area contributed by atoms with Gasteiger partial charge < -0.3 is 10.2 Å². The van der Waals surface area contributed by atoms with E-state index >= 15 is 0 Å². The zero-order valence-electron chi connectivity index (χ0n) is 21.6. The SMILES string of the molecule is Cc1cc(C)cc(N(CCCC(=O)N(Cc2c(Cl)cccc2Cl)C(C)C(=O)NC(C)C)S(C)(=O)=O)c1. The smallest absolute Gasteiger partial charge is 0.242 e. The Bertz CT molecular complexity index is 1160. The summed E-state index contributed by atoms with van der Waals surface area (Å²) in [5, 5.41) is 3.63. The van der Waals surface area contributed by atoms with Crippen molar-refractivity contribution in [2.75, 3.05) is 17.1 Å². The number of hydrogen-bond donors (Lipinski definition) is 1. The van der Waals surface area contributed by atoms with E-state index in [-0.39, 0.29) is 43.8 Å². The molecule has 0 aliphatic heterocycles. The number of sulfonamides is 1. The first-order chi connectivity index (χ1) is 16.7. The van der Waals surface area contributed by atoms with Crippen LogP contribution in [0.3, 0.4) is 0 Å². The van der Waals surface area contributed by atoms with Gasteiger partial charge in [-0.1, -0.05) is 35.3 Å². The maximum atomic E-state index is 13.4. The van der Waals surface area contributed by atoms with E-state index in [1.54, 1.807) is 37.3 Å². The van der Waals surface area contributed by atoms with E-state index in [2.05, 4.69) is 5.32 Å². The van der Waals surface area contributed by atoms with Crippen LogP contribution < -0.4 is 9.62 Å². The van der Waals surface area contributed by atoms with Crippen LogP contribution in [0.4, 0.5) is 5.69 Å². The van der Waals surface area contributed by atoms with Crippen LogP contribution in [0.15, 0.2) is 36.4 Å². The van der Waals surface area contributed by atoms with E-state index in [1.807, 2.05) is 33.8 Å². The van der Waals surface area contributed by atoms with Crippen LogP contribution in [0.5, 0.6) is 0 Å². The molecular formula is C26H35Cl2N3O4S. The van der Waals surface area contributed by atoms with Crippen molar-refractivity contribution < 1.29 is 18.0 Å². The molecule has 0 fully saturated rings. The summed E-state index contributed by atoms with van der Waals surface area (Å²) in [5.41, 5.74) is 3.00. The standard InChI is InChI=1S/C26H35Cl2N3O4S/c1-17(2)29-26(33)20(5)30(16-22-23(27)9-7-10-24(22)28)25(32)11-8-12-31(36(6,34)35)21-14-18(3)13-19(4)15-21/h7,9-10,13-15,17,20H,8,11-12,16H2,1-6H3,(H,29,33). The minimum absolute atomic E-state index is 0.0399. The number of aryl methyl sites for hydroxylation is 2. The van der Waals surface area contributed by atoms with Gasteiger partial charge in [0.05, 0.1) is 11.9 Å². The van der Waals surface area contributed by atoms with Crippen molar-refractivity contribution in [1.29, 1.82) is 0 Å². The third kappa shape index (κ3) is 8.39. The van der Waals surface area contributed by atoms with Gasteiger partial charge in [-0.2, -0.15) is 0 Å². The number of rotatable bonds is 11. The molecule has 0 saturated carbocycles. The molecule has 0 saturated heterocycles. The lowest BCUT2D eigenvalue weighted by Crippen LogP contribution is -2.49. The largest absolute Gasteiger partial charge is 0.352 e. The number of amides is 2. The van der Waals surface area contributed by atoms with Gasteiger partial charge in [0, 0.05) is 41.2 Å². The van der Waals surface area contributed by atoms with Gasteiger partial charge in [0.25, 0.3) is 0 Å². The Labute approximate surface area is 224 Å². The predicted molar refractivity (Wildman–Crippen MR) is 147 cm³/mol. The molecule has 1 atom stereocenters. The molecule has 1 N–H and O–H groups in total. The van der Waals surface area contributed by atoms with Gasteiger partial charge in [-0.25, -0.2) is 8.42 Å². The number of carbonyl (C=O) groups is 2. The molecule has 0 spiro atoms. The van der Waals surface area contributed by atoms with E-state index in [0.29, 0.717) is 21.3 Å². The van der Waals surface area contributed by atoms with Crippen LogP contribution in [0, 0.1) is 13.8 Å². The molecule has 0 heterocycles. The van der Waals surface area contributed by atoms with Crippen molar-refractivity contribution in [3.8, 4) is 0 Å². The van der Waals surface area contributed by atoms with Gasteiger partial charge in [-0.15, -0.1) is 0 Å². The highest BCUT2D eigenvalue weighted by molar-refractivity contribution is 7.92. The molecule has 2 aromatic carbocycles. The van der Waals surface area contributed by atoms with E-state index in [0.717, 1.165) is 17.4 Å². The topological polar surface area (TPSA) is 86.8 Å². The van der Waals surface area contributed by atoms with Crippen molar-refractivity contribution in [2.24, 2.45) is 0 Å². The van der Waals surface area contributed by atoms with Gasteiger partial charge in [0.2, 0.25) is 21.8 Å². The van der Waals surface area contributed by atoms with E-state index < -0.39 is 16.1 Å². The van der Waals surface area contributed by atoms with Crippen LogP contribution in [0.25, 0.3) is 0 Å². The predicted octanol–water partition coefficient (Wildman–Crippen LogP) is 5.10. The molecule has 2 rings (SSSR count). The van der Waals surface area contributed by atoms with Gasteiger partial charge >= 0.3 is 0 Å². The normalized spacial score (nSPS) is 12.4. The van der Waals surface area contributed by atoms with Crippen LogP contribution in [-0.4, -0.2) is 50.0 Å². The Balaban J connectivity index is 2.25. The van der Waals surface area contributed by atoms with Crippen molar-refractivity contribution in [1.82, 2.24) is 10.2 Å². The van der Waals surface area contributed by atoms with Gasteiger partial charge in [-0.3, -0.25) is 13.9 Å². The van der Waals surface area contributed by atoms with E-state index in [9.17, 15) is 18.0 Å². The van der Waals surface area contributed by atoms with Crippen LogP contribution in [0.2, 0.25) is 10.0 Å². The highest BCUT2D eigenvalue weighted by Crippen LogP contribution is 2.27. The number of nitrogens with one attached hydrogen (secondary N) is 1. The zero-order valence-corrected chi connectivity index (χ0v) is 24.0. The molecule has 2 amide bonds. The molecule has 0 bridgehead atoms. The Kier molecular flexibility index (Phi) is 10.6. The highest BCUT2D eigenvalue weighted by Gasteiger charge is 2.28. The third-order valence-electron chi connectivity index (χ3n) is 5.63. The van der Waals surface area contributed by atoms with Crippen molar-refractivity contribution >= 4 is 50.7 Å². The summed E-state index contributed by atoms with van der Waals surface area (Å²) in [4.78, 5) is 27.6. The Morgan fingerprint density at radius 3 is 2.06 bits per heavy atom. The first-order valence-electron chi connectivity index (χ1n) is 11.8. The fourth-order valence-corrected chi connectivity index (χ4v) is 5.41. The lowest BCUT2D eigenvalue weighted by Gasteiger charge is -2.30. The summed E-state index contributed by atoms with van der Waals surface area (Å²) in [5.74, 6) is -0.596. The molecule has 0 radical (unpaired) electrons. The number of benzene rings is 2. The molecule has 7 nitrogen and oxygen atoms in total. The number of anilines is 1. The molecule has 36 heavy (non-hydrogen) atoms. The van der Waals surface area contributed by atoms with Gasteiger partial charge in [0.1, 0.15) is 6.04 Å². The Hall–Kier alpha value is -2.29. The average molecular weight is 557 g/mol. The maximum Gasteiger partial charge on any atom is 0.242 e. The number of carbonyl (C=O) groups excluding carboxylic acids is 2. The summed E-state index contributed by atoms with van der Waals surface area (Å²) >= 11 is 12.7.